The lowest BCUT2D eigenvalue weighted by Gasteiger charge is -2.11. The summed E-state index contributed by atoms with van der Waals surface area (Å²) in [6.07, 6.45) is 2.21. The molecule has 0 radical (unpaired) electrons. The zero-order valence-corrected chi connectivity index (χ0v) is 16.1. The van der Waals surface area contributed by atoms with Gasteiger partial charge in [0.2, 0.25) is 11.8 Å². The highest BCUT2D eigenvalue weighted by molar-refractivity contribution is 6.06. The van der Waals surface area contributed by atoms with Crippen molar-refractivity contribution in [1.82, 2.24) is 4.98 Å². The Hall–Kier alpha value is -3.61. The molecule has 2 amide bonds. The second kappa shape index (κ2) is 7.79. The molecule has 2 unspecified atom stereocenters. The number of fused-ring (bicyclic) bond motifs is 1. The smallest absolute Gasteiger partial charge is 0.228 e. The first-order valence-corrected chi connectivity index (χ1v) is 9.28. The molecule has 148 valence electrons. The molecule has 1 fully saturated rings. The first-order chi connectivity index (χ1) is 14.1. The first-order valence-electron chi connectivity index (χ1n) is 9.28. The quantitative estimate of drug-likeness (QED) is 0.672. The Kier molecular flexibility index (Phi) is 5.03. The summed E-state index contributed by atoms with van der Waals surface area (Å²) < 4.78 is 10.4. The number of nitrogens with zero attached hydrogens (tertiary/aromatic N) is 1. The van der Waals surface area contributed by atoms with Gasteiger partial charge in [-0.05, 0) is 30.7 Å². The predicted octanol–water partition coefficient (Wildman–Crippen LogP) is 3.47. The Morgan fingerprint density at radius 1 is 0.931 bits per heavy atom. The zero-order valence-electron chi connectivity index (χ0n) is 16.1. The van der Waals surface area contributed by atoms with E-state index in [1.165, 1.54) is 7.11 Å². The van der Waals surface area contributed by atoms with Crippen LogP contribution in [-0.2, 0) is 9.59 Å². The van der Waals surface area contributed by atoms with E-state index in [0.717, 1.165) is 10.9 Å². The molecule has 1 heterocycles. The molecule has 3 aromatic rings. The molecule has 0 bridgehead atoms. The van der Waals surface area contributed by atoms with Crippen molar-refractivity contribution in [1.29, 1.82) is 0 Å². The molecule has 4 rings (SSSR count). The number of anilines is 2. The van der Waals surface area contributed by atoms with Crippen LogP contribution >= 0.6 is 0 Å². The summed E-state index contributed by atoms with van der Waals surface area (Å²) in [7, 11) is 3.09. The van der Waals surface area contributed by atoms with E-state index in [1.54, 1.807) is 31.5 Å². The van der Waals surface area contributed by atoms with Crippen molar-refractivity contribution in [3.05, 3.63) is 54.7 Å². The summed E-state index contributed by atoms with van der Waals surface area (Å²) in [6.45, 7) is 0. The minimum absolute atomic E-state index is 0.171. The number of ether oxygens (including phenoxy) is 2. The van der Waals surface area contributed by atoms with Crippen molar-refractivity contribution in [3.8, 4) is 11.5 Å². The van der Waals surface area contributed by atoms with Crippen molar-refractivity contribution in [2.45, 2.75) is 6.42 Å². The molecule has 29 heavy (non-hydrogen) atoms. The molecule has 7 heteroatoms. The summed E-state index contributed by atoms with van der Waals surface area (Å²) in [5, 5.41) is 6.70. The molecule has 2 atom stereocenters. The Balaban J connectivity index is 1.40. The highest BCUT2D eigenvalue weighted by atomic mass is 16.5. The van der Waals surface area contributed by atoms with Crippen molar-refractivity contribution in [2.24, 2.45) is 11.8 Å². The van der Waals surface area contributed by atoms with Crippen LogP contribution in [0.3, 0.4) is 0 Å². The number of hydrogen-bond acceptors (Lipinski definition) is 5. The molecule has 0 saturated heterocycles. The summed E-state index contributed by atoms with van der Waals surface area (Å²) in [5.41, 5.74) is 1.98. The molecule has 7 nitrogen and oxygen atoms in total. The molecule has 1 aliphatic rings. The molecule has 1 aromatic heterocycles. The summed E-state index contributed by atoms with van der Waals surface area (Å²) in [6, 6.07) is 14.6. The van der Waals surface area contributed by atoms with Crippen LogP contribution in [0.4, 0.5) is 11.4 Å². The first kappa shape index (κ1) is 18.7. The molecule has 2 aromatic carbocycles. The maximum absolute atomic E-state index is 12.6. The second-order valence-electron chi connectivity index (χ2n) is 6.88. The van der Waals surface area contributed by atoms with Crippen LogP contribution in [-0.4, -0.2) is 31.0 Å². The summed E-state index contributed by atoms with van der Waals surface area (Å²) in [5.74, 6) is 0.0425. The van der Waals surface area contributed by atoms with Gasteiger partial charge in [-0.3, -0.25) is 14.6 Å². The Labute approximate surface area is 168 Å². The molecular formula is C22H21N3O4. The lowest BCUT2D eigenvalue weighted by Crippen LogP contribution is -2.20. The van der Waals surface area contributed by atoms with Gasteiger partial charge in [-0.25, -0.2) is 0 Å². The minimum Gasteiger partial charge on any atom is -0.493 e. The monoisotopic (exact) mass is 391 g/mol. The van der Waals surface area contributed by atoms with E-state index in [0.29, 0.717) is 29.3 Å². The highest BCUT2D eigenvalue weighted by Gasteiger charge is 2.48. The maximum Gasteiger partial charge on any atom is 0.228 e. The normalized spacial score (nSPS) is 17.4. The number of carbonyl (C=O) groups is 2. The Morgan fingerprint density at radius 3 is 2.41 bits per heavy atom. The van der Waals surface area contributed by atoms with E-state index in [2.05, 4.69) is 15.6 Å². The third kappa shape index (κ3) is 3.85. The van der Waals surface area contributed by atoms with Crippen molar-refractivity contribution in [3.63, 3.8) is 0 Å². The van der Waals surface area contributed by atoms with Crippen LogP contribution < -0.4 is 20.1 Å². The van der Waals surface area contributed by atoms with E-state index in [1.807, 2.05) is 30.3 Å². The number of rotatable bonds is 6. The molecular weight excluding hydrogens is 370 g/mol. The number of pyridine rings is 1. The number of amides is 2. The Bertz CT molecular complexity index is 1080. The van der Waals surface area contributed by atoms with Gasteiger partial charge >= 0.3 is 0 Å². The van der Waals surface area contributed by atoms with Gasteiger partial charge in [-0.15, -0.1) is 0 Å². The van der Waals surface area contributed by atoms with E-state index in [9.17, 15) is 9.59 Å². The number of para-hydroxylation sites is 1. The van der Waals surface area contributed by atoms with E-state index >= 15 is 0 Å². The van der Waals surface area contributed by atoms with E-state index in [-0.39, 0.29) is 23.7 Å². The standard InChI is InChI=1S/C22H21N3O4/c1-28-18-9-8-14(11-19(18)29-2)24-21(26)15-12-16(15)22(27)25-17-7-3-5-13-6-4-10-23-20(13)17/h3-11,15-16H,12H2,1-2H3,(H,24,26)(H,25,27). The molecule has 1 saturated carbocycles. The van der Waals surface area contributed by atoms with E-state index < -0.39 is 0 Å². The summed E-state index contributed by atoms with van der Waals surface area (Å²) >= 11 is 0. The number of aromatic nitrogens is 1. The average molecular weight is 391 g/mol. The van der Waals surface area contributed by atoms with Crippen LogP contribution in [0, 0.1) is 11.8 Å². The van der Waals surface area contributed by atoms with Crippen LogP contribution in [0.5, 0.6) is 11.5 Å². The number of carbonyl (C=O) groups excluding carboxylic acids is 2. The van der Waals surface area contributed by atoms with Crippen LogP contribution in [0.2, 0.25) is 0 Å². The minimum atomic E-state index is -0.356. The third-order valence-corrected chi connectivity index (χ3v) is 5.01. The SMILES string of the molecule is COc1ccc(NC(=O)C2CC2C(=O)Nc2cccc3cccnc23)cc1OC. The fraction of sp³-hybridized carbons (Fsp3) is 0.227. The second-order valence-corrected chi connectivity index (χ2v) is 6.88. The number of methoxy groups -OCH3 is 2. The zero-order chi connectivity index (χ0) is 20.4. The van der Waals surface area contributed by atoms with Gasteiger partial charge < -0.3 is 20.1 Å². The lowest BCUT2D eigenvalue weighted by atomic mass is 10.2. The molecule has 0 spiro atoms. The fourth-order valence-corrected chi connectivity index (χ4v) is 3.35. The highest BCUT2D eigenvalue weighted by Crippen LogP contribution is 2.41. The van der Waals surface area contributed by atoms with E-state index in [4.69, 9.17) is 9.47 Å². The van der Waals surface area contributed by atoms with Gasteiger partial charge in [0.05, 0.1) is 37.3 Å². The van der Waals surface area contributed by atoms with Crippen LogP contribution in [0.15, 0.2) is 54.7 Å². The van der Waals surface area contributed by atoms with Gasteiger partial charge in [0, 0.05) is 23.3 Å². The van der Waals surface area contributed by atoms with Crippen LogP contribution in [0.25, 0.3) is 10.9 Å². The fourth-order valence-electron chi connectivity index (χ4n) is 3.35. The summed E-state index contributed by atoms with van der Waals surface area (Å²) in [4.78, 5) is 29.5. The predicted molar refractivity (Wildman–Crippen MR) is 110 cm³/mol. The van der Waals surface area contributed by atoms with Gasteiger partial charge in [0.1, 0.15) is 0 Å². The number of hydrogen-bond donors (Lipinski definition) is 2. The number of nitrogens with one attached hydrogen (secondary N) is 2. The van der Waals surface area contributed by atoms with Gasteiger partial charge in [0.15, 0.2) is 11.5 Å². The topological polar surface area (TPSA) is 89.5 Å². The van der Waals surface area contributed by atoms with Crippen molar-refractivity contribution in [2.75, 3.05) is 24.9 Å². The lowest BCUT2D eigenvalue weighted by molar-refractivity contribution is -0.122. The van der Waals surface area contributed by atoms with Crippen molar-refractivity contribution < 1.29 is 19.1 Å². The van der Waals surface area contributed by atoms with Crippen molar-refractivity contribution >= 4 is 34.1 Å². The Morgan fingerprint density at radius 2 is 1.66 bits per heavy atom. The average Bonchev–Trinajstić information content (AvgIpc) is 3.55. The van der Waals surface area contributed by atoms with Crippen LogP contribution in [0.1, 0.15) is 6.42 Å². The molecule has 0 aliphatic heterocycles. The van der Waals surface area contributed by atoms with Gasteiger partial charge in [-0.1, -0.05) is 18.2 Å². The maximum atomic E-state index is 12.6. The number of benzene rings is 2. The third-order valence-electron chi connectivity index (χ3n) is 5.01. The molecule has 1 aliphatic carbocycles. The molecule has 2 N–H and O–H groups in total. The van der Waals surface area contributed by atoms with Gasteiger partial charge in [0.25, 0.3) is 0 Å². The van der Waals surface area contributed by atoms with Gasteiger partial charge in [-0.2, -0.15) is 0 Å². The largest absolute Gasteiger partial charge is 0.493 e.